The molecule has 0 fully saturated rings. The van der Waals surface area contributed by atoms with Gasteiger partial charge in [0.15, 0.2) is 0 Å². The molecule has 0 atom stereocenters. The van der Waals surface area contributed by atoms with E-state index >= 15 is 0 Å². The first kappa shape index (κ1) is 16.7. The van der Waals surface area contributed by atoms with E-state index < -0.39 is 5.97 Å². The Morgan fingerprint density at radius 1 is 1.20 bits per heavy atom. The Hall–Kier alpha value is -1.37. The quantitative estimate of drug-likeness (QED) is 0.492. The molecule has 20 heavy (non-hydrogen) atoms. The maximum absolute atomic E-state index is 11.2. The van der Waals surface area contributed by atoms with Crippen molar-refractivity contribution in [2.45, 2.75) is 19.4 Å². The van der Waals surface area contributed by atoms with Crippen LogP contribution < -0.4 is 5.32 Å². The third-order valence-electron chi connectivity index (χ3n) is 2.67. The minimum Gasteiger partial charge on any atom is -0.463 e. The van der Waals surface area contributed by atoms with E-state index in [2.05, 4.69) is 10.1 Å². The Bertz CT molecular complexity index is 377. The van der Waals surface area contributed by atoms with Crippen LogP contribution in [0.15, 0.2) is 16.5 Å². The molecule has 6 heteroatoms. The molecule has 0 radical (unpaired) electrons. The number of unbranched alkanes of at least 4 members (excludes halogenated alkanes) is 1. The van der Waals surface area contributed by atoms with Gasteiger partial charge in [-0.3, -0.25) is 0 Å². The molecule has 0 saturated carbocycles. The summed E-state index contributed by atoms with van der Waals surface area (Å²) in [4.78, 5) is 11.2. The van der Waals surface area contributed by atoms with Crippen LogP contribution >= 0.6 is 0 Å². The minimum absolute atomic E-state index is 0.232. The molecule has 0 aliphatic heterocycles. The first-order chi connectivity index (χ1) is 9.77. The molecule has 0 aromatic carbocycles. The fourth-order valence-corrected chi connectivity index (χ4v) is 1.59. The molecule has 1 heterocycles. The van der Waals surface area contributed by atoms with Crippen LogP contribution in [0, 0.1) is 0 Å². The van der Waals surface area contributed by atoms with Crippen molar-refractivity contribution in [3.05, 3.63) is 23.7 Å². The van der Waals surface area contributed by atoms with Crippen molar-refractivity contribution in [2.75, 3.05) is 40.6 Å². The van der Waals surface area contributed by atoms with Gasteiger partial charge in [0.25, 0.3) is 0 Å². The summed E-state index contributed by atoms with van der Waals surface area (Å²) in [5, 5.41) is 3.25. The molecule has 1 aromatic heterocycles. The third-order valence-corrected chi connectivity index (χ3v) is 2.67. The second kappa shape index (κ2) is 10.4. The van der Waals surface area contributed by atoms with Gasteiger partial charge in [-0.15, -0.1) is 0 Å². The molecule has 0 amide bonds. The molecule has 6 nitrogen and oxygen atoms in total. The highest BCUT2D eigenvalue weighted by molar-refractivity contribution is 5.86. The summed E-state index contributed by atoms with van der Waals surface area (Å²) >= 11 is 0. The van der Waals surface area contributed by atoms with Gasteiger partial charge < -0.3 is 23.9 Å². The predicted molar refractivity (Wildman–Crippen MR) is 73.7 cm³/mol. The number of methoxy groups -OCH3 is 2. The van der Waals surface area contributed by atoms with Crippen LogP contribution in [-0.2, 0) is 20.8 Å². The summed E-state index contributed by atoms with van der Waals surface area (Å²) in [5.74, 6) is 0.502. The van der Waals surface area contributed by atoms with Crippen molar-refractivity contribution in [3.8, 4) is 0 Å². The summed E-state index contributed by atoms with van der Waals surface area (Å²) in [6.45, 7) is 3.51. The van der Waals surface area contributed by atoms with Gasteiger partial charge in [0, 0.05) is 13.7 Å². The number of carbonyl (C=O) groups excluding carboxylic acids is 1. The number of hydrogen-bond acceptors (Lipinski definition) is 6. The lowest BCUT2D eigenvalue weighted by Gasteiger charge is -2.04. The van der Waals surface area contributed by atoms with Crippen LogP contribution in [0.25, 0.3) is 0 Å². The number of esters is 1. The van der Waals surface area contributed by atoms with Crippen molar-refractivity contribution in [2.24, 2.45) is 0 Å². The summed E-state index contributed by atoms with van der Waals surface area (Å²) in [5.41, 5.74) is 0. The van der Waals surface area contributed by atoms with Gasteiger partial charge in [0.2, 0.25) is 5.76 Å². The molecular formula is C14H23NO5. The van der Waals surface area contributed by atoms with E-state index in [0.29, 0.717) is 19.8 Å². The zero-order valence-corrected chi connectivity index (χ0v) is 12.1. The van der Waals surface area contributed by atoms with Crippen molar-refractivity contribution < 1.29 is 23.4 Å². The van der Waals surface area contributed by atoms with E-state index in [1.807, 2.05) is 0 Å². The molecule has 0 spiro atoms. The van der Waals surface area contributed by atoms with Crippen molar-refractivity contribution in [1.82, 2.24) is 5.32 Å². The second-order valence-corrected chi connectivity index (χ2v) is 4.25. The van der Waals surface area contributed by atoms with E-state index in [4.69, 9.17) is 13.9 Å². The van der Waals surface area contributed by atoms with Gasteiger partial charge in [-0.05, 0) is 31.5 Å². The van der Waals surface area contributed by atoms with Crippen LogP contribution in [-0.4, -0.2) is 46.6 Å². The first-order valence-electron chi connectivity index (χ1n) is 6.72. The fourth-order valence-electron chi connectivity index (χ4n) is 1.59. The van der Waals surface area contributed by atoms with Crippen LogP contribution in [0.1, 0.15) is 29.2 Å². The fraction of sp³-hybridized carbons (Fsp3) is 0.643. The van der Waals surface area contributed by atoms with E-state index in [1.54, 1.807) is 19.2 Å². The zero-order chi connectivity index (χ0) is 14.6. The normalized spacial score (nSPS) is 10.7. The molecule has 0 saturated heterocycles. The van der Waals surface area contributed by atoms with Crippen molar-refractivity contribution >= 4 is 5.97 Å². The molecule has 0 bridgehead atoms. The van der Waals surface area contributed by atoms with E-state index in [1.165, 1.54) is 7.11 Å². The lowest BCUT2D eigenvalue weighted by molar-refractivity contribution is 0.0563. The third kappa shape index (κ3) is 6.70. The van der Waals surface area contributed by atoms with Crippen LogP contribution in [0.2, 0.25) is 0 Å². The molecule has 1 aromatic rings. The van der Waals surface area contributed by atoms with Crippen LogP contribution in [0.4, 0.5) is 0 Å². The SMILES string of the molecule is COCCOCCCCNCc1ccc(C(=O)OC)o1. The Morgan fingerprint density at radius 2 is 2.05 bits per heavy atom. The topological polar surface area (TPSA) is 69.9 Å². The van der Waals surface area contributed by atoms with Gasteiger partial charge >= 0.3 is 5.97 Å². The van der Waals surface area contributed by atoms with Crippen molar-refractivity contribution in [1.29, 1.82) is 0 Å². The van der Waals surface area contributed by atoms with Gasteiger partial charge in [-0.25, -0.2) is 4.79 Å². The molecule has 0 aliphatic carbocycles. The highest BCUT2D eigenvalue weighted by atomic mass is 16.5. The number of rotatable bonds is 11. The average molecular weight is 285 g/mol. The summed E-state index contributed by atoms with van der Waals surface area (Å²) < 4.78 is 20.1. The molecule has 1 rings (SSSR count). The number of nitrogens with one attached hydrogen (secondary N) is 1. The molecule has 114 valence electrons. The minimum atomic E-state index is -0.454. The van der Waals surface area contributed by atoms with E-state index in [0.717, 1.165) is 31.8 Å². The predicted octanol–water partition coefficient (Wildman–Crippen LogP) is 1.60. The first-order valence-corrected chi connectivity index (χ1v) is 6.72. The summed E-state index contributed by atoms with van der Waals surface area (Å²) in [7, 11) is 2.99. The largest absolute Gasteiger partial charge is 0.463 e. The van der Waals surface area contributed by atoms with Crippen LogP contribution in [0.3, 0.4) is 0 Å². The number of carbonyl (C=O) groups is 1. The number of hydrogen-bond donors (Lipinski definition) is 1. The molecule has 1 N–H and O–H groups in total. The maximum atomic E-state index is 11.2. The highest BCUT2D eigenvalue weighted by Crippen LogP contribution is 2.08. The molecular weight excluding hydrogens is 262 g/mol. The van der Waals surface area contributed by atoms with Gasteiger partial charge in [-0.1, -0.05) is 0 Å². The maximum Gasteiger partial charge on any atom is 0.373 e. The van der Waals surface area contributed by atoms with Gasteiger partial charge in [-0.2, -0.15) is 0 Å². The van der Waals surface area contributed by atoms with Gasteiger partial charge in [0.1, 0.15) is 5.76 Å². The van der Waals surface area contributed by atoms with Crippen LogP contribution in [0.5, 0.6) is 0 Å². The second-order valence-electron chi connectivity index (χ2n) is 4.25. The monoisotopic (exact) mass is 285 g/mol. The average Bonchev–Trinajstić information content (AvgIpc) is 2.93. The summed E-state index contributed by atoms with van der Waals surface area (Å²) in [6, 6.07) is 3.39. The highest BCUT2D eigenvalue weighted by Gasteiger charge is 2.10. The number of ether oxygens (including phenoxy) is 3. The van der Waals surface area contributed by atoms with E-state index in [-0.39, 0.29) is 5.76 Å². The van der Waals surface area contributed by atoms with E-state index in [9.17, 15) is 4.79 Å². The molecule has 0 aliphatic rings. The Labute approximate surface area is 119 Å². The van der Waals surface area contributed by atoms with Crippen molar-refractivity contribution in [3.63, 3.8) is 0 Å². The Morgan fingerprint density at radius 3 is 2.80 bits per heavy atom. The molecule has 0 unspecified atom stereocenters. The van der Waals surface area contributed by atoms with Gasteiger partial charge in [0.05, 0.1) is 26.9 Å². The smallest absolute Gasteiger partial charge is 0.373 e. The Kier molecular flexibility index (Phi) is 8.69. The standard InChI is InChI=1S/C14H23NO5/c1-17-9-10-19-8-4-3-7-15-11-12-5-6-13(20-12)14(16)18-2/h5-6,15H,3-4,7-11H2,1-2H3. The number of furan rings is 1. The zero-order valence-electron chi connectivity index (χ0n) is 12.1. The summed E-state index contributed by atoms with van der Waals surface area (Å²) in [6.07, 6.45) is 2.03. The lowest BCUT2D eigenvalue weighted by atomic mass is 10.3. The lowest BCUT2D eigenvalue weighted by Crippen LogP contribution is -2.15. The Balaban J connectivity index is 2.01.